The monoisotopic (exact) mass is 534 g/mol. The third-order valence-corrected chi connectivity index (χ3v) is 7.62. The van der Waals surface area contributed by atoms with E-state index < -0.39 is 11.5 Å². The molecule has 3 aromatic rings. The maximum absolute atomic E-state index is 15.6. The van der Waals surface area contributed by atoms with Crippen molar-refractivity contribution in [2.75, 3.05) is 49.6 Å². The van der Waals surface area contributed by atoms with Crippen LogP contribution in [0, 0.1) is 12.7 Å². The molecule has 11 nitrogen and oxygen atoms in total. The number of hydrogen-bond acceptors (Lipinski definition) is 9. The average Bonchev–Trinajstić information content (AvgIpc) is 3.45. The van der Waals surface area contributed by atoms with Crippen molar-refractivity contribution in [2.45, 2.75) is 39.4 Å². The number of aliphatic imine (C=N–C) groups is 1. The van der Waals surface area contributed by atoms with Gasteiger partial charge in [0.1, 0.15) is 17.0 Å². The number of carbonyl (C=O) groups excluding carboxylic acids is 1. The predicted molar refractivity (Wildman–Crippen MR) is 147 cm³/mol. The van der Waals surface area contributed by atoms with Crippen molar-refractivity contribution < 1.29 is 13.9 Å². The molecule has 204 valence electrons. The van der Waals surface area contributed by atoms with Crippen LogP contribution >= 0.6 is 0 Å². The van der Waals surface area contributed by atoms with E-state index in [0.717, 1.165) is 44.0 Å². The summed E-state index contributed by atoms with van der Waals surface area (Å²) in [7, 11) is 0. The van der Waals surface area contributed by atoms with Crippen molar-refractivity contribution in [2.24, 2.45) is 4.99 Å². The van der Waals surface area contributed by atoms with Crippen LogP contribution in [0.1, 0.15) is 35.1 Å². The number of benzene rings is 1. The molecule has 5 heterocycles. The standard InChI is InChI=1S/C27H31FN8O3/c1-3-36-25-22-20(29-15-30-25)12-17(23(28)24(22)33-27(36)38)13-34-7-9-35(10-8-34)21-5-4-19(31-16(21)2)26(37)32-18-6-11-39-14-18/h4-5,12,15,18H,3,6-11,13-14H2,1-2H3,(H,29,30)(H,32,37)/t18-/m0/s1. The number of amides is 1. The number of anilines is 2. The quantitative estimate of drug-likeness (QED) is 0.494. The van der Waals surface area contributed by atoms with Gasteiger partial charge in [0.05, 0.1) is 41.4 Å². The fourth-order valence-corrected chi connectivity index (χ4v) is 5.53. The van der Waals surface area contributed by atoms with Crippen LogP contribution in [-0.4, -0.2) is 77.1 Å². The second-order valence-corrected chi connectivity index (χ2v) is 10.1. The number of aryl methyl sites for hydroxylation is 1. The molecule has 2 fully saturated rings. The van der Waals surface area contributed by atoms with Crippen molar-refractivity contribution in [3.05, 3.63) is 51.5 Å². The molecule has 2 saturated heterocycles. The zero-order valence-electron chi connectivity index (χ0n) is 22.0. The second kappa shape index (κ2) is 10.3. The van der Waals surface area contributed by atoms with Gasteiger partial charge in [-0.25, -0.2) is 19.2 Å². The smallest absolute Gasteiger partial charge is 0.349 e. The van der Waals surface area contributed by atoms with Gasteiger partial charge < -0.3 is 20.3 Å². The van der Waals surface area contributed by atoms with Crippen LogP contribution in [0.4, 0.5) is 21.6 Å². The molecular formula is C27H31FN8O3. The van der Waals surface area contributed by atoms with Crippen LogP contribution < -0.4 is 21.2 Å². The zero-order valence-corrected chi connectivity index (χ0v) is 22.0. The van der Waals surface area contributed by atoms with Gasteiger partial charge >= 0.3 is 5.69 Å². The number of ether oxygens (including phenoxy) is 1. The van der Waals surface area contributed by atoms with E-state index in [2.05, 4.69) is 35.4 Å². The highest BCUT2D eigenvalue weighted by molar-refractivity contribution is 6.06. The van der Waals surface area contributed by atoms with Crippen molar-refractivity contribution in [3.63, 3.8) is 0 Å². The van der Waals surface area contributed by atoms with Gasteiger partial charge in [-0.05, 0) is 38.5 Å². The van der Waals surface area contributed by atoms with Crippen LogP contribution in [0.2, 0.25) is 0 Å². The van der Waals surface area contributed by atoms with Gasteiger partial charge in [-0.3, -0.25) is 14.3 Å². The SMILES string of the molecule is CCn1c2c3c(cc(CN4CCN(c5ccc(C(=O)N[C@H]6CCOC6)nc5C)CC4)c(F)c3nc1=O)NC=N2. The molecule has 0 saturated carbocycles. The molecule has 1 amide bonds. The van der Waals surface area contributed by atoms with E-state index in [0.29, 0.717) is 54.5 Å². The number of halogens is 1. The fourth-order valence-electron chi connectivity index (χ4n) is 5.53. The minimum atomic E-state index is -0.505. The molecule has 0 bridgehead atoms. The predicted octanol–water partition coefficient (Wildman–Crippen LogP) is 2.19. The Labute approximate surface area is 224 Å². The minimum Gasteiger partial charge on any atom is -0.379 e. The fraction of sp³-hybridized carbons (Fsp3) is 0.444. The van der Waals surface area contributed by atoms with Crippen molar-refractivity contribution in [1.82, 2.24) is 24.8 Å². The highest BCUT2D eigenvalue weighted by Gasteiger charge is 2.25. The number of nitrogens with one attached hydrogen (secondary N) is 2. The first-order chi connectivity index (χ1) is 18.9. The number of piperazine rings is 1. The van der Waals surface area contributed by atoms with Crippen LogP contribution in [0.15, 0.2) is 28.0 Å². The van der Waals surface area contributed by atoms with Gasteiger partial charge in [-0.1, -0.05) is 0 Å². The Hall–Kier alpha value is -3.90. The van der Waals surface area contributed by atoms with E-state index in [1.54, 1.807) is 12.1 Å². The molecule has 6 rings (SSSR count). The lowest BCUT2D eigenvalue weighted by Crippen LogP contribution is -2.46. The van der Waals surface area contributed by atoms with Gasteiger partial charge in [0, 0.05) is 51.4 Å². The number of aromatic nitrogens is 3. The summed E-state index contributed by atoms with van der Waals surface area (Å²) in [5.41, 5.74) is 2.93. The number of pyridine rings is 1. The van der Waals surface area contributed by atoms with Gasteiger partial charge in [0.2, 0.25) is 0 Å². The van der Waals surface area contributed by atoms with Crippen LogP contribution in [0.3, 0.4) is 0 Å². The molecule has 0 aliphatic carbocycles. The maximum atomic E-state index is 15.6. The molecule has 0 spiro atoms. The number of nitrogens with zero attached hydrogens (tertiary/aromatic N) is 6. The molecule has 39 heavy (non-hydrogen) atoms. The van der Waals surface area contributed by atoms with Crippen LogP contribution in [0.5, 0.6) is 0 Å². The Kier molecular flexibility index (Phi) is 6.73. The van der Waals surface area contributed by atoms with Crippen molar-refractivity contribution in [1.29, 1.82) is 0 Å². The summed E-state index contributed by atoms with van der Waals surface area (Å²) in [6, 6.07) is 5.54. The summed E-state index contributed by atoms with van der Waals surface area (Å²) in [5, 5.41) is 6.59. The summed E-state index contributed by atoms with van der Waals surface area (Å²) in [5.74, 6) is -0.229. The van der Waals surface area contributed by atoms with E-state index in [-0.39, 0.29) is 17.5 Å². The summed E-state index contributed by atoms with van der Waals surface area (Å²) in [4.78, 5) is 42.4. The average molecular weight is 535 g/mol. The van der Waals surface area contributed by atoms with Gasteiger partial charge in [-0.2, -0.15) is 4.98 Å². The molecule has 1 aromatic carbocycles. The molecule has 1 atom stereocenters. The summed E-state index contributed by atoms with van der Waals surface area (Å²) in [6.07, 6.45) is 2.34. The largest absolute Gasteiger partial charge is 0.379 e. The Balaban J connectivity index is 1.14. The molecule has 12 heteroatoms. The third-order valence-electron chi connectivity index (χ3n) is 7.62. The molecule has 2 aromatic heterocycles. The number of hydrogen-bond donors (Lipinski definition) is 2. The van der Waals surface area contributed by atoms with E-state index in [1.807, 2.05) is 19.9 Å². The Bertz CT molecular complexity index is 1520. The topological polar surface area (TPSA) is 117 Å². The summed E-state index contributed by atoms with van der Waals surface area (Å²) < 4.78 is 22.4. The molecule has 3 aliphatic heterocycles. The van der Waals surface area contributed by atoms with E-state index >= 15 is 4.39 Å². The van der Waals surface area contributed by atoms with Crippen LogP contribution in [-0.2, 0) is 17.8 Å². The summed E-state index contributed by atoms with van der Waals surface area (Å²) in [6.45, 7) is 8.69. The molecule has 2 N–H and O–H groups in total. The van der Waals surface area contributed by atoms with E-state index in [4.69, 9.17) is 4.74 Å². The van der Waals surface area contributed by atoms with Gasteiger partial charge in [0.15, 0.2) is 5.82 Å². The zero-order chi connectivity index (χ0) is 27.1. The Morgan fingerprint density at radius 1 is 1.23 bits per heavy atom. The van der Waals surface area contributed by atoms with Crippen molar-refractivity contribution in [3.8, 4) is 0 Å². The lowest BCUT2D eigenvalue weighted by Gasteiger charge is -2.36. The second-order valence-electron chi connectivity index (χ2n) is 10.1. The molecule has 0 unspecified atom stereocenters. The van der Waals surface area contributed by atoms with E-state index in [1.165, 1.54) is 10.9 Å². The third kappa shape index (κ3) is 4.74. The minimum absolute atomic E-state index is 0.0375. The maximum Gasteiger partial charge on any atom is 0.349 e. The lowest BCUT2D eigenvalue weighted by molar-refractivity contribution is 0.0924. The lowest BCUT2D eigenvalue weighted by atomic mass is 10.1. The molecule has 3 aliphatic rings. The highest BCUT2D eigenvalue weighted by atomic mass is 19.1. The Morgan fingerprint density at radius 2 is 2.05 bits per heavy atom. The van der Waals surface area contributed by atoms with Gasteiger partial charge in [0.25, 0.3) is 5.91 Å². The van der Waals surface area contributed by atoms with Crippen molar-refractivity contribution >= 4 is 40.3 Å². The summed E-state index contributed by atoms with van der Waals surface area (Å²) >= 11 is 0. The first-order valence-corrected chi connectivity index (χ1v) is 13.3. The molecule has 0 radical (unpaired) electrons. The first-order valence-electron chi connectivity index (χ1n) is 13.3. The Morgan fingerprint density at radius 3 is 2.77 bits per heavy atom. The molecular weight excluding hydrogens is 503 g/mol. The number of carbonyl (C=O) groups is 1. The van der Waals surface area contributed by atoms with E-state index in [9.17, 15) is 9.59 Å². The first kappa shape index (κ1) is 25.4. The van der Waals surface area contributed by atoms with Crippen LogP contribution in [0.25, 0.3) is 10.9 Å². The highest BCUT2D eigenvalue weighted by Crippen LogP contribution is 2.36. The van der Waals surface area contributed by atoms with Gasteiger partial charge in [-0.15, -0.1) is 0 Å². The number of rotatable bonds is 6. The normalized spacial score (nSPS) is 18.9.